The average Bonchev–Trinajstić information content (AvgIpc) is 2.46. The molecule has 1 aliphatic heterocycles. The fourth-order valence-electron chi connectivity index (χ4n) is 2.73. The highest BCUT2D eigenvalue weighted by atomic mass is 32.2. The summed E-state index contributed by atoms with van der Waals surface area (Å²) in [6.45, 7) is 11.1. The van der Waals surface area contributed by atoms with Crippen molar-refractivity contribution in [3.8, 4) is 0 Å². The maximum Gasteiger partial charge on any atom is 0.243 e. The van der Waals surface area contributed by atoms with E-state index in [-0.39, 0.29) is 11.3 Å². The Morgan fingerprint density at radius 3 is 2.13 bits per heavy atom. The zero-order chi connectivity index (χ0) is 17.4. The molecule has 128 valence electrons. The first-order chi connectivity index (χ1) is 10.5. The minimum atomic E-state index is -3.53. The molecule has 0 bridgehead atoms. The quantitative estimate of drug-likeness (QED) is 0.830. The summed E-state index contributed by atoms with van der Waals surface area (Å²) in [6, 6.07) is 5.66. The van der Waals surface area contributed by atoms with Gasteiger partial charge in [0.15, 0.2) is 0 Å². The Balaban J connectivity index is 2.32. The van der Waals surface area contributed by atoms with E-state index < -0.39 is 10.0 Å². The van der Waals surface area contributed by atoms with Gasteiger partial charge in [-0.3, -0.25) is 4.79 Å². The van der Waals surface area contributed by atoms with Crippen LogP contribution in [0.5, 0.6) is 0 Å². The lowest BCUT2D eigenvalue weighted by Crippen LogP contribution is -2.50. The average molecular weight is 338 g/mol. The smallest absolute Gasteiger partial charge is 0.243 e. The molecule has 1 heterocycles. The van der Waals surface area contributed by atoms with Gasteiger partial charge in [0.05, 0.1) is 4.90 Å². The Bertz CT molecular complexity index is 697. The number of hydrogen-bond donors (Lipinski definition) is 0. The minimum absolute atomic E-state index is 0.00652. The van der Waals surface area contributed by atoms with Crippen LogP contribution in [0.3, 0.4) is 0 Å². The molecule has 1 aliphatic rings. The second-order valence-corrected chi connectivity index (χ2v) is 9.05. The van der Waals surface area contributed by atoms with Crippen molar-refractivity contribution in [3.05, 3.63) is 29.3 Å². The fourth-order valence-corrected chi connectivity index (χ4v) is 4.40. The molecule has 0 unspecified atom stereocenters. The first-order valence-electron chi connectivity index (χ1n) is 7.90. The molecular weight excluding hydrogens is 312 g/mol. The van der Waals surface area contributed by atoms with Crippen LogP contribution in [0.2, 0.25) is 0 Å². The summed E-state index contributed by atoms with van der Waals surface area (Å²) in [6.07, 6.45) is 0. The van der Waals surface area contributed by atoms with E-state index in [4.69, 9.17) is 0 Å². The van der Waals surface area contributed by atoms with Gasteiger partial charge in [-0.25, -0.2) is 8.42 Å². The zero-order valence-corrected chi connectivity index (χ0v) is 15.4. The van der Waals surface area contributed by atoms with Gasteiger partial charge in [0.2, 0.25) is 15.9 Å². The molecular formula is C17H26N2O3S. The highest BCUT2D eigenvalue weighted by Crippen LogP contribution is 2.28. The first kappa shape index (κ1) is 17.9. The third-order valence-corrected chi connectivity index (χ3v) is 6.40. The standard InChI is InChI=1S/C17H26N2O3S/c1-13-6-7-15(17(3,4)5)12-16(13)23(21,22)19-10-8-18(9-11-19)14(2)20/h6-7,12H,8-11H2,1-5H3. The number of hydrogen-bond acceptors (Lipinski definition) is 3. The van der Waals surface area contributed by atoms with Crippen molar-refractivity contribution in [2.45, 2.75) is 44.9 Å². The monoisotopic (exact) mass is 338 g/mol. The van der Waals surface area contributed by atoms with Crippen molar-refractivity contribution in [1.29, 1.82) is 0 Å². The molecule has 5 nitrogen and oxygen atoms in total. The van der Waals surface area contributed by atoms with E-state index in [1.165, 1.54) is 11.2 Å². The molecule has 0 atom stereocenters. The van der Waals surface area contributed by atoms with Gasteiger partial charge in [-0.2, -0.15) is 4.31 Å². The predicted octanol–water partition coefficient (Wildman–Crippen LogP) is 2.15. The Kier molecular flexibility index (Phi) is 4.87. The highest BCUT2D eigenvalue weighted by molar-refractivity contribution is 7.89. The van der Waals surface area contributed by atoms with Crippen molar-refractivity contribution in [2.24, 2.45) is 0 Å². The Morgan fingerprint density at radius 2 is 1.65 bits per heavy atom. The third-order valence-electron chi connectivity index (χ3n) is 4.36. The molecule has 0 saturated carbocycles. The fraction of sp³-hybridized carbons (Fsp3) is 0.588. The van der Waals surface area contributed by atoms with E-state index in [1.54, 1.807) is 11.0 Å². The van der Waals surface area contributed by atoms with Gasteiger partial charge in [-0.1, -0.05) is 32.9 Å². The van der Waals surface area contributed by atoms with E-state index in [2.05, 4.69) is 20.8 Å². The van der Waals surface area contributed by atoms with Gasteiger partial charge < -0.3 is 4.90 Å². The van der Waals surface area contributed by atoms with Gasteiger partial charge in [0, 0.05) is 33.1 Å². The van der Waals surface area contributed by atoms with Gasteiger partial charge in [-0.15, -0.1) is 0 Å². The Morgan fingerprint density at radius 1 is 1.09 bits per heavy atom. The molecule has 1 fully saturated rings. The van der Waals surface area contributed by atoms with Crippen molar-refractivity contribution in [1.82, 2.24) is 9.21 Å². The lowest BCUT2D eigenvalue weighted by Gasteiger charge is -2.34. The number of carbonyl (C=O) groups excluding carboxylic acids is 1. The van der Waals surface area contributed by atoms with Gasteiger partial charge in [0.25, 0.3) is 0 Å². The van der Waals surface area contributed by atoms with E-state index in [0.29, 0.717) is 31.1 Å². The van der Waals surface area contributed by atoms with E-state index in [9.17, 15) is 13.2 Å². The van der Waals surface area contributed by atoms with E-state index >= 15 is 0 Å². The minimum Gasteiger partial charge on any atom is -0.340 e. The summed E-state index contributed by atoms with van der Waals surface area (Å²) in [5.74, 6) is -0.00652. The van der Waals surface area contributed by atoms with Crippen LogP contribution >= 0.6 is 0 Å². The van der Waals surface area contributed by atoms with Crippen LogP contribution in [0, 0.1) is 6.92 Å². The van der Waals surface area contributed by atoms with Gasteiger partial charge in [-0.05, 0) is 29.5 Å². The van der Waals surface area contributed by atoms with Crippen molar-refractivity contribution < 1.29 is 13.2 Å². The van der Waals surface area contributed by atoms with E-state index in [0.717, 1.165) is 11.1 Å². The Hall–Kier alpha value is -1.40. The number of sulfonamides is 1. The van der Waals surface area contributed by atoms with Crippen molar-refractivity contribution >= 4 is 15.9 Å². The van der Waals surface area contributed by atoms with Gasteiger partial charge >= 0.3 is 0 Å². The zero-order valence-electron chi connectivity index (χ0n) is 14.6. The largest absolute Gasteiger partial charge is 0.340 e. The predicted molar refractivity (Wildman–Crippen MR) is 90.9 cm³/mol. The lowest BCUT2D eigenvalue weighted by molar-refractivity contribution is -0.129. The van der Waals surface area contributed by atoms with Crippen LogP contribution in [0.25, 0.3) is 0 Å². The number of piperazine rings is 1. The number of aryl methyl sites for hydroxylation is 1. The molecule has 1 amide bonds. The number of carbonyl (C=O) groups is 1. The van der Waals surface area contributed by atoms with Crippen LogP contribution in [-0.4, -0.2) is 49.7 Å². The second-order valence-electron chi connectivity index (χ2n) is 7.14. The first-order valence-corrected chi connectivity index (χ1v) is 9.34. The number of benzene rings is 1. The molecule has 0 aromatic heterocycles. The highest BCUT2D eigenvalue weighted by Gasteiger charge is 2.31. The third kappa shape index (κ3) is 3.75. The van der Waals surface area contributed by atoms with Crippen molar-refractivity contribution in [2.75, 3.05) is 26.2 Å². The van der Waals surface area contributed by atoms with Crippen molar-refractivity contribution in [3.63, 3.8) is 0 Å². The van der Waals surface area contributed by atoms with Crippen LogP contribution in [0.15, 0.2) is 23.1 Å². The summed E-state index contributed by atoms with van der Waals surface area (Å²) in [4.78, 5) is 13.5. The summed E-state index contributed by atoms with van der Waals surface area (Å²) in [5, 5.41) is 0. The normalized spacial score (nSPS) is 17.3. The molecule has 0 aliphatic carbocycles. The topological polar surface area (TPSA) is 57.7 Å². The molecule has 1 aromatic carbocycles. The summed E-state index contributed by atoms with van der Waals surface area (Å²) < 4.78 is 27.5. The molecule has 0 N–H and O–H groups in total. The maximum absolute atomic E-state index is 13.0. The molecule has 0 radical (unpaired) electrons. The van der Waals surface area contributed by atoms with Crippen LogP contribution in [0.4, 0.5) is 0 Å². The summed E-state index contributed by atoms with van der Waals surface area (Å²) in [7, 11) is -3.53. The number of amides is 1. The van der Waals surface area contributed by atoms with Crippen LogP contribution in [-0.2, 0) is 20.2 Å². The maximum atomic E-state index is 13.0. The molecule has 23 heavy (non-hydrogen) atoms. The molecule has 6 heteroatoms. The summed E-state index contributed by atoms with van der Waals surface area (Å²) >= 11 is 0. The summed E-state index contributed by atoms with van der Waals surface area (Å²) in [5.41, 5.74) is 1.65. The van der Waals surface area contributed by atoms with Crippen LogP contribution in [0.1, 0.15) is 38.8 Å². The molecule has 1 saturated heterocycles. The molecule has 2 rings (SSSR count). The lowest BCUT2D eigenvalue weighted by atomic mass is 9.87. The van der Waals surface area contributed by atoms with E-state index in [1.807, 2.05) is 19.1 Å². The SMILES string of the molecule is CC(=O)N1CCN(S(=O)(=O)c2cc(C(C)(C)C)ccc2C)CC1. The number of rotatable bonds is 2. The second kappa shape index (κ2) is 6.24. The number of nitrogens with zero attached hydrogens (tertiary/aromatic N) is 2. The van der Waals surface area contributed by atoms with Crippen LogP contribution < -0.4 is 0 Å². The molecule has 0 spiro atoms. The molecule has 1 aromatic rings. The Labute approximate surface area is 139 Å². The van der Waals surface area contributed by atoms with Gasteiger partial charge in [0.1, 0.15) is 0 Å².